The Morgan fingerprint density at radius 3 is 2.41 bits per heavy atom. The number of aromatic nitrogens is 1. The van der Waals surface area contributed by atoms with Crippen molar-refractivity contribution >= 4 is 39.8 Å². The molecule has 0 aliphatic carbocycles. The molecule has 39 heavy (non-hydrogen) atoms. The monoisotopic (exact) mass is 527 g/mol. The predicted octanol–water partition coefficient (Wildman–Crippen LogP) is 5.10. The Balaban J connectivity index is 1.72. The topological polar surface area (TPSA) is 93.1 Å². The molecule has 0 saturated heterocycles. The summed E-state index contributed by atoms with van der Waals surface area (Å²) in [6.45, 7) is 4.79. The van der Waals surface area contributed by atoms with Gasteiger partial charge in [-0.05, 0) is 37.6 Å². The van der Waals surface area contributed by atoms with Crippen LogP contribution < -0.4 is 14.9 Å². The number of methoxy groups -OCH3 is 1. The minimum atomic E-state index is -1.10. The van der Waals surface area contributed by atoms with Crippen molar-refractivity contribution < 1.29 is 28.5 Å². The van der Waals surface area contributed by atoms with Gasteiger partial charge in [0.25, 0.3) is 0 Å². The van der Waals surface area contributed by atoms with Crippen molar-refractivity contribution in [2.75, 3.05) is 7.11 Å². The third kappa shape index (κ3) is 4.63. The highest BCUT2D eigenvalue weighted by molar-refractivity contribution is 5.99. The third-order valence-electron chi connectivity index (χ3n) is 6.92. The van der Waals surface area contributed by atoms with E-state index in [2.05, 4.69) is 0 Å². The van der Waals surface area contributed by atoms with Crippen LogP contribution in [-0.2, 0) is 26.1 Å². The quantitative estimate of drug-likeness (QED) is 0.203. The van der Waals surface area contributed by atoms with E-state index < -0.39 is 29.7 Å². The molecule has 0 bridgehead atoms. The summed E-state index contributed by atoms with van der Waals surface area (Å²) >= 11 is 0. The van der Waals surface area contributed by atoms with Crippen molar-refractivity contribution in [2.45, 2.75) is 38.6 Å². The maximum absolute atomic E-state index is 13.7. The van der Waals surface area contributed by atoms with Crippen molar-refractivity contribution in [3.63, 3.8) is 0 Å². The highest BCUT2D eigenvalue weighted by atomic mass is 16.6. The number of benzene rings is 3. The van der Waals surface area contributed by atoms with E-state index in [0.29, 0.717) is 38.9 Å². The number of ether oxygens (including phenoxy) is 4. The Kier molecular flexibility index (Phi) is 6.64. The molecule has 0 N–H and O–H groups in total. The summed E-state index contributed by atoms with van der Waals surface area (Å²) in [5.74, 6) is -0.501. The number of hydrogen-bond acceptors (Lipinski definition) is 7. The van der Waals surface area contributed by atoms with Gasteiger partial charge in [0.05, 0.1) is 29.1 Å². The van der Waals surface area contributed by atoms with E-state index in [1.165, 1.54) is 20.1 Å². The van der Waals surface area contributed by atoms with E-state index >= 15 is 0 Å². The molecule has 1 aliphatic rings. The number of hydrogen-bond donors (Lipinski definition) is 0. The Bertz CT molecular complexity index is 1680. The standard InChI is InChI=1S/C31H29NO7/c1-18(33)37-29-26-23(39-31(2,3)30(29)38-24(34)16-15-19-11-7-6-8-12-19)17-22(36-5)25-27(26)32(4)21-14-10-9-13-20(21)28(25)35/h6-17,29-30H,1-5H3/b16-15+/t29-,30-/m0/s1. The van der Waals surface area contributed by atoms with Gasteiger partial charge in [0.1, 0.15) is 17.1 Å². The molecule has 4 aromatic rings. The number of carbonyl (C=O) groups excluding carboxylic acids is 2. The summed E-state index contributed by atoms with van der Waals surface area (Å²) in [4.78, 5) is 39.1. The lowest BCUT2D eigenvalue weighted by Crippen LogP contribution is -2.52. The summed E-state index contributed by atoms with van der Waals surface area (Å²) in [5.41, 5.74) is 1.07. The smallest absolute Gasteiger partial charge is 0.331 e. The molecule has 8 heteroatoms. The highest BCUT2D eigenvalue weighted by Gasteiger charge is 2.50. The lowest BCUT2D eigenvalue weighted by Gasteiger charge is -2.43. The van der Waals surface area contributed by atoms with Gasteiger partial charge in [-0.2, -0.15) is 0 Å². The minimum absolute atomic E-state index is 0.232. The van der Waals surface area contributed by atoms with Gasteiger partial charge in [-0.3, -0.25) is 9.59 Å². The van der Waals surface area contributed by atoms with Crippen LogP contribution in [0.3, 0.4) is 0 Å². The lowest BCUT2D eigenvalue weighted by atomic mass is 9.86. The number of para-hydroxylation sites is 1. The second-order valence-corrected chi connectivity index (χ2v) is 9.96. The first-order valence-corrected chi connectivity index (χ1v) is 12.5. The molecular weight excluding hydrogens is 498 g/mol. The fourth-order valence-electron chi connectivity index (χ4n) is 5.19. The largest absolute Gasteiger partial charge is 0.496 e. The van der Waals surface area contributed by atoms with Gasteiger partial charge < -0.3 is 23.5 Å². The first-order valence-electron chi connectivity index (χ1n) is 12.5. The number of carbonyl (C=O) groups is 2. The van der Waals surface area contributed by atoms with Gasteiger partial charge >= 0.3 is 11.9 Å². The number of nitrogens with zero attached hydrogens (tertiary/aromatic N) is 1. The van der Waals surface area contributed by atoms with Gasteiger partial charge in [0.15, 0.2) is 12.2 Å². The molecular formula is C31H29NO7. The molecule has 0 fully saturated rings. The van der Waals surface area contributed by atoms with Crippen molar-refractivity contribution in [3.05, 3.63) is 88.1 Å². The SMILES string of the molecule is COc1cc2c(c3c1c(=O)c1ccccc1n3C)[C@H](OC(C)=O)[C@H](OC(=O)/C=C/c1ccccc1)C(C)(C)O2. The molecule has 0 unspecified atom stereocenters. The zero-order valence-electron chi connectivity index (χ0n) is 22.4. The fraction of sp³-hybridized carbons (Fsp3) is 0.258. The van der Waals surface area contributed by atoms with Gasteiger partial charge in [-0.25, -0.2) is 4.79 Å². The Hall–Kier alpha value is -4.59. The van der Waals surface area contributed by atoms with E-state index in [1.807, 2.05) is 54.1 Å². The second-order valence-electron chi connectivity index (χ2n) is 9.96. The van der Waals surface area contributed by atoms with Gasteiger partial charge in [-0.15, -0.1) is 0 Å². The molecule has 0 spiro atoms. The average Bonchev–Trinajstić information content (AvgIpc) is 2.91. The average molecular weight is 528 g/mol. The van der Waals surface area contributed by atoms with Crippen LogP contribution in [0.4, 0.5) is 0 Å². The van der Waals surface area contributed by atoms with Crippen LogP contribution in [0.25, 0.3) is 27.9 Å². The van der Waals surface area contributed by atoms with Gasteiger partial charge in [0, 0.05) is 31.5 Å². The zero-order chi connectivity index (χ0) is 27.9. The molecule has 8 nitrogen and oxygen atoms in total. The molecule has 1 aromatic heterocycles. The Morgan fingerprint density at radius 1 is 1.03 bits per heavy atom. The van der Waals surface area contributed by atoms with Crippen molar-refractivity contribution in [3.8, 4) is 11.5 Å². The van der Waals surface area contributed by atoms with Crippen LogP contribution in [0.5, 0.6) is 11.5 Å². The Morgan fingerprint density at radius 2 is 1.72 bits per heavy atom. The third-order valence-corrected chi connectivity index (χ3v) is 6.92. The molecule has 2 atom stereocenters. The molecule has 0 amide bonds. The van der Waals surface area contributed by atoms with E-state index in [0.717, 1.165) is 5.56 Å². The molecule has 0 radical (unpaired) electrons. The van der Waals surface area contributed by atoms with Crippen LogP contribution in [0.1, 0.15) is 38.0 Å². The van der Waals surface area contributed by atoms with E-state index in [4.69, 9.17) is 18.9 Å². The predicted molar refractivity (Wildman–Crippen MR) is 148 cm³/mol. The molecule has 0 saturated carbocycles. The number of esters is 2. The maximum atomic E-state index is 13.7. The van der Waals surface area contributed by atoms with Crippen molar-refractivity contribution in [2.24, 2.45) is 7.05 Å². The lowest BCUT2D eigenvalue weighted by molar-refractivity contribution is -0.185. The van der Waals surface area contributed by atoms with Gasteiger partial charge in [0.2, 0.25) is 5.43 Å². The normalized spacial score (nSPS) is 18.0. The van der Waals surface area contributed by atoms with Crippen molar-refractivity contribution in [1.29, 1.82) is 0 Å². The van der Waals surface area contributed by atoms with Crippen molar-refractivity contribution in [1.82, 2.24) is 4.57 Å². The summed E-state index contributed by atoms with van der Waals surface area (Å²) in [5, 5.41) is 0.827. The first kappa shape index (κ1) is 26.0. The summed E-state index contributed by atoms with van der Waals surface area (Å²) in [6.07, 6.45) is 0.876. The Labute approximate surface area is 225 Å². The van der Waals surface area contributed by atoms with Gasteiger partial charge in [-0.1, -0.05) is 42.5 Å². The van der Waals surface area contributed by atoms with Crippen LogP contribution in [-0.4, -0.2) is 35.3 Å². The molecule has 2 heterocycles. The van der Waals surface area contributed by atoms with E-state index in [9.17, 15) is 14.4 Å². The molecule has 1 aliphatic heterocycles. The van der Waals surface area contributed by atoms with Crippen LogP contribution in [0.2, 0.25) is 0 Å². The van der Waals surface area contributed by atoms with Crippen LogP contribution in [0, 0.1) is 0 Å². The molecule has 5 rings (SSSR count). The van der Waals surface area contributed by atoms with Crippen LogP contribution in [0.15, 0.2) is 71.5 Å². The second kappa shape index (κ2) is 9.94. The molecule has 3 aromatic carbocycles. The number of pyridine rings is 1. The van der Waals surface area contributed by atoms with E-state index in [-0.39, 0.29) is 5.43 Å². The van der Waals surface area contributed by atoms with E-state index in [1.54, 1.807) is 38.1 Å². The van der Waals surface area contributed by atoms with Crippen LogP contribution >= 0.6 is 0 Å². The minimum Gasteiger partial charge on any atom is -0.496 e. The zero-order valence-corrected chi connectivity index (χ0v) is 22.4. The summed E-state index contributed by atoms with van der Waals surface area (Å²) in [7, 11) is 3.30. The number of fused-ring (bicyclic) bond motifs is 4. The maximum Gasteiger partial charge on any atom is 0.331 e. The fourth-order valence-corrected chi connectivity index (χ4v) is 5.19. The molecule has 200 valence electrons. The first-order chi connectivity index (χ1) is 18.6. The summed E-state index contributed by atoms with van der Waals surface area (Å²) in [6, 6.07) is 18.2. The highest BCUT2D eigenvalue weighted by Crippen LogP contribution is 2.49. The number of aryl methyl sites for hydroxylation is 1. The summed E-state index contributed by atoms with van der Waals surface area (Å²) < 4.78 is 25.6. The number of rotatable bonds is 5.